The Kier molecular flexibility index (Phi) is 4.86. The van der Waals surface area contributed by atoms with E-state index in [2.05, 4.69) is 5.32 Å². The molecule has 7 heteroatoms. The first kappa shape index (κ1) is 19.8. The van der Waals surface area contributed by atoms with Crippen molar-refractivity contribution in [2.75, 3.05) is 12.1 Å². The van der Waals surface area contributed by atoms with Crippen molar-refractivity contribution in [1.82, 2.24) is 4.90 Å². The van der Waals surface area contributed by atoms with E-state index in [1.54, 1.807) is 48.5 Å². The number of carbonyl (C=O) groups excluding carboxylic acids is 2. The van der Waals surface area contributed by atoms with Gasteiger partial charge < -0.3 is 14.8 Å². The fraction of sp³-hybridized carbons (Fsp3) is 0.120. The normalized spacial score (nSPS) is 15.0. The second-order valence-electron chi connectivity index (χ2n) is 7.60. The van der Waals surface area contributed by atoms with Crippen LogP contribution in [-0.4, -0.2) is 23.5 Å². The highest BCUT2D eigenvalue weighted by molar-refractivity contribution is 6.36. The van der Waals surface area contributed by atoms with Gasteiger partial charge in [0.05, 0.1) is 12.1 Å². The minimum atomic E-state index is -0.522. The molecular formula is C25H19FN2O4. The average Bonchev–Trinajstić information content (AvgIpc) is 3.34. The van der Waals surface area contributed by atoms with Crippen molar-refractivity contribution in [3.63, 3.8) is 0 Å². The maximum atomic E-state index is 14.2. The Balaban J connectivity index is 1.54. The topological polar surface area (TPSA) is 67.9 Å². The fourth-order valence-corrected chi connectivity index (χ4v) is 3.74. The van der Waals surface area contributed by atoms with E-state index in [0.717, 1.165) is 10.5 Å². The van der Waals surface area contributed by atoms with E-state index in [1.807, 2.05) is 19.1 Å². The number of fused-ring (bicyclic) bond motifs is 1. The number of anilines is 1. The van der Waals surface area contributed by atoms with Crippen molar-refractivity contribution in [1.29, 1.82) is 0 Å². The smallest absolute Gasteiger partial charge is 0.278 e. The van der Waals surface area contributed by atoms with E-state index in [0.29, 0.717) is 22.7 Å². The molecule has 0 fully saturated rings. The molecule has 2 aliphatic rings. The number of benzene rings is 3. The number of carbonyl (C=O) groups is 2. The summed E-state index contributed by atoms with van der Waals surface area (Å²) in [6.45, 7) is 1.91. The zero-order valence-electron chi connectivity index (χ0n) is 17.2. The molecule has 0 bridgehead atoms. The molecule has 2 amide bonds. The molecule has 0 aliphatic carbocycles. The van der Waals surface area contributed by atoms with E-state index >= 15 is 0 Å². The summed E-state index contributed by atoms with van der Waals surface area (Å²) in [5, 5.41) is 3.08. The maximum Gasteiger partial charge on any atom is 0.278 e. The molecule has 2 heterocycles. The van der Waals surface area contributed by atoms with Gasteiger partial charge in [0.15, 0.2) is 11.5 Å². The lowest BCUT2D eigenvalue weighted by Crippen LogP contribution is -2.32. The highest BCUT2D eigenvalue weighted by atomic mass is 19.1. The van der Waals surface area contributed by atoms with E-state index in [1.165, 1.54) is 6.07 Å². The van der Waals surface area contributed by atoms with Crippen LogP contribution in [0.3, 0.4) is 0 Å². The molecular weight excluding hydrogens is 411 g/mol. The first-order chi connectivity index (χ1) is 15.5. The molecule has 0 saturated heterocycles. The molecule has 0 unspecified atom stereocenters. The Morgan fingerprint density at radius 2 is 1.69 bits per heavy atom. The first-order valence-electron chi connectivity index (χ1n) is 10.1. The third-order valence-corrected chi connectivity index (χ3v) is 5.44. The molecule has 0 saturated carbocycles. The lowest BCUT2D eigenvalue weighted by atomic mass is 10.0. The number of halogens is 1. The molecule has 1 N–H and O–H groups in total. The Hall–Kier alpha value is -4.13. The Morgan fingerprint density at radius 1 is 0.938 bits per heavy atom. The minimum absolute atomic E-state index is 0.129. The minimum Gasteiger partial charge on any atom is -0.454 e. The van der Waals surface area contributed by atoms with Crippen molar-refractivity contribution in [3.05, 3.63) is 94.9 Å². The monoisotopic (exact) mass is 430 g/mol. The number of rotatable bonds is 5. The summed E-state index contributed by atoms with van der Waals surface area (Å²) in [7, 11) is 0. The summed E-state index contributed by atoms with van der Waals surface area (Å²) in [5.41, 5.74) is 2.84. The number of hydrogen-bond donors (Lipinski definition) is 1. The van der Waals surface area contributed by atoms with E-state index in [-0.39, 0.29) is 30.2 Å². The number of hydrogen-bond acceptors (Lipinski definition) is 5. The van der Waals surface area contributed by atoms with Crippen LogP contribution >= 0.6 is 0 Å². The quantitative estimate of drug-likeness (QED) is 0.613. The van der Waals surface area contributed by atoms with Gasteiger partial charge in [-0.2, -0.15) is 0 Å². The first-order valence-corrected chi connectivity index (χ1v) is 10.1. The predicted molar refractivity (Wildman–Crippen MR) is 116 cm³/mol. The molecule has 3 aromatic carbocycles. The third kappa shape index (κ3) is 3.47. The van der Waals surface area contributed by atoms with Crippen molar-refractivity contribution in [2.24, 2.45) is 0 Å². The van der Waals surface area contributed by atoms with Gasteiger partial charge in [0, 0.05) is 17.3 Å². The average molecular weight is 430 g/mol. The van der Waals surface area contributed by atoms with E-state index in [9.17, 15) is 14.0 Å². The van der Waals surface area contributed by atoms with Crippen molar-refractivity contribution >= 4 is 23.1 Å². The summed E-state index contributed by atoms with van der Waals surface area (Å²) in [4.78, 5) is 27.7. The van der Waals surface area contributed by atoms with Crippen LogP contribution in [0.5, 0.6) is 11.5 Å². The van der Waals surface area contributed by atoms with Gasteiger partial charge in [0.25, 0.3) is 11.8 Å². The number of imide groups is 1. The van der Waals surface area contributed by atoms with Gasteiger partial charge in [-0.1, -0.05) is 48.0 Å². The van der Waals surface area contributed by atoms with Gasteiger partial charge in [-0.05, 0) is 30.7 Å². The van der Waals surface area contributed by atoms with Gasteiger partial charge in [-0.3, -0.25) is 14.5 Å². The maximum absolute atomic E-state index is 14.2. The van der Waals surface area contributed by atoms with Gasteiger partial charge in [-0.15, -0.1) is 0 Å². The van der Waals surface area contributed by atoms with Crippen LogP contribution in [0.25, 0.3) is 5.57 Å². The second-order valence-corrected chi connectivity index (χ2v) is 7.60. The zero-order valence-corrected chi connectivity index (χ0v) is 17.2. The van der Waals surface area contributed by atoms with Gasteiger partial charge in [0.2, 0.25) is 6.79 Å². The molecule has 2 aliphatic heterocycles. The molecule has 160 valence electrons. The van der Waals surface area contributed by atoms with Crippen LogP contribution < -0.4 is 14.8 Å². The van der Waals surface area contributed by atoms with E-state index in [4.69, 9.17) is 9.47 Å². The number of nitrogens with one attached hydrogen (secondary N) is 1. The Morgan fingerprint density at radius 3 is 2.47 bits per heavy atom. The summed E-state index contributed by atoms with van der Waals surface area (Å²) in [6, 6.07) is 18.6. The SMILES string of the molecule is Cc1ccc(C2=C(Nc3ccc4c(c3)OCO4)C(=O)N(Cc3ccccc3F)C2=O)cc1. The molecule has 6 nitrogen and oxygen atoms in total. The summed E-state index contributed by atoms with van der Waals surface area (Å²) >= 11 is 0. The molecule has 0 atom stereocenters. The number of aryl methyl sites for hydroxylation is 1. The van der Waals surface area contributed by atoms with Gasteiger partial charge >= 0.3 is 0 Å². The largest absolute Gasteiger partial charge is 0.454 e. The van der Waals surface area contributed by atoms with Gasteiger partial charge in [-0.25, -0.2) is 4.39 Å². The fourth-order valence-electron chi connectivity index (χ4n) is 3.74. The number of ether oxygens (including phenoxy) is 2. The highest BCUT2D eigenvalue weighted by Gasteiger charge is 2.39. The lowest BCUT2D eigenvalue weighted by Gasteiger charge is -2.16. The van der Waals surface area contributed by atoms with Crippen LogP contribution in [0, 0.1) is 12.7 Å². The highest BCUT2D eigenvalue weighted by Crippen LogP contribution is 2.37. The Labute approximate surface area is 183 Å². The lowest BCUT2D eigenvalue weighted by molar-refractivity contribution is -0.137. The standard InChI is InChI=1S/C25H19FN2O4/c1-15-6-8-16(9-7-15)22-23(27-18-10-11-20-21(12-18)32-14-31-20)25(30)28(24(22)29)13-17-4-2-3-5-19(17)26/h2-12,27H,13-14H2,1H3. The number of amides is 2. The molecule has 0 radical (unpaired) electrons. The van der Waals surface area contributed by atoms with Gasteiger partial charge in [0.1, 0.15) is 11.5 Å². The second kappa shape index (κ2) is 7.85. The summed E-state index contributed by atoms with van der Waals surface area (Å²) in [6.07, 6.45) is 0. The van der Waals surface area contributed by atoms with E-state index < -0.39 is 17.6 Å². The van der Waals surface area contributed by atoms with Crippen LogP contribution in [0.1, 0.15) is 16.7 Å². The third-order valence-electron chi connectivity index (χ3n) is 5.44. The van der Waals surface area contributed by atoms with Crippen molar-refractivity contribution < 1.29 is 23.5 Å². The zero-order chi connectivity index (χ0) is 22.2. The molecule has 3 aromatic rings. The van der Waals surface area contributed by atoms with Crippen LogP contribution in [0.4, 0.5) is 10.1 Å². The van der Waals surface area contributed by atoms with Crippen LogP contribution in [-0.2, 0) is 16.1 Å². The van der Waals surface area contributed by atoms with Crippen molar-refractivity contribution in [2.45, 2.75) is 13.5 Å². The summed E-state index contributed by atoms with van der Waals surface area (Å²) in [5.74, 6) is -0.315. The summed E-state index contributed by atoms with van der Waals surface area (Å²) < 4.78 is 25.0. The molecule has 0 aromatic heterocycles. The molecule has 0 spiro atoms. The number of nitrogens with zero attached hydrogens (tertiary/aromatic N) is 1. The predicted octanol–water partition coefficient (Wildman–Crippen LogP) is 4.26. The molecule has 5 rings (SSSR count). The molecule has 32 heavy (non-hydrogen) atoms. The van der Waals surface area contributed by atoms with Crippen LogP contribution in [0.15, 0.2) is 72.4 Å². The van der Waals surface area contributed by atoms with Crippen LogP contribution in [0.2, 0.25) is 0 Å². The Bertz CT molecular complexity index is 1270. The van der Waals surface area contributed by atoms with Crippen molar-refractivity contribution in [3.8, 4) is 11.5 Å².